The van der Waals surface area contributed by atoms with Gasteiger partial charge in [0.1, 0.15) is 21.7 Å². The molecule has 0 radical (unpaired) electrons. The van der Waals surface area contributed by atoms with Crippen molar-refractivity contribution in [3.63, 3.8) is 0 Å². The van der Waals surface area contributed by atoms with Crippen LogP contribution < -0.4 is 11.3 Å². The Kier molecular flexibility index (Phi) is 3.93. The lowest BCUT2D eigenvalue weighted by atomic mass is 10.5. The van der Waals surface area contributed by atoms with Crippen molar-refractivity contribution in [3.8, 4) is 0 Å². The molecule has 3 N–H and O–H groups in total. The molecule has 88 valence electrons. The molecule has 0 saturated carbocycles. The monoisotopic (exact) mass is 311 g/mol. The fourth-order valence-electron chi connectivity index (χ4n) is 1.21. The summed E-state index contributed by atoms with van der Waals surface area (Å²) < 4.78 is 0.934. The Hall–Kier alpha value is -1.18. The Balaban J connectivity index is 2.30. The van der Waals surface area contributed by atoms with Gasteiger partial charge in [-0.1, -0.05) is 0 Å². The molecule has 0 aromatic carbocycles. The molecule has 0 aliphatic rings. The van der Waals surface area contributed by atoms with E-state index < -0.39 is 0 Å². The molecule has 2 aromatic rings. The first kappa shape index (κ1) is 12.3. The topological polar surface area (TPSA) is 76.7 Å². The highest BCUT2D eigenvalue weighted by Gasteiger charge is 2.06. The van der Waals surface area contributed by atoms with Crippen LogP contribution in [0, 0.1) is 6.92 Å². The van der Waals surface area contributed by atoms with Crippen molar-refractivity contribution in [2.45, 2.75) is 17.0 Å². The van der Waals surface area contributed by atoms with E-state index in [2.05, 4.69) is 36.3 Å². The summed E-state index contributed by atoms with van der Waals surface area (Å²) in [6.07, 6.45) is 1.74. The van der Waals surface area contributed by atoms with E-state index in [1.54, 1.807) is 12.3 Å². The molecule has 17 heavy (non-hydrogen) atoms. The average molecular weight is 312 g/mol. The second-order valence-electron chi connectivity index (χ2n) is 3.18. The minimum Gasteiger partial charge on any atom is -0.308 e. The van der Waals surface area contributed by atoms with E-state index in [9.17, 15) is 0 Å². The average Bonchev–Trinajstić information content (AvgIpc) is 2.31. The molecule has 0 aliphatic carbocycles. The van der Waals surface area contributed by atoms with Crippen molar-refractivity contribution < 1.29 is 0 Å². The predicted molar refractivity (Wildman–Crippen MR) is 70.6 cm³/mol. The molecule has 5 nitrogen and oxygen atoms in total. The number of halogens is 1. The summed E-state index contributed by atoms with van der Waals surface area (Å²) in [5, 5.41) is 1.65. The molecule has 0 amide bonds. The lowest BCUT2D eigenvalue weighted by Gasteiger charge is -2.05. The van der Waals surface area contributed by atoms with Crippen LogP contribution in [0.4, 0.5) is 5.82 Å². The molecular weight excluding hydrogens is 302 g/mol. The van der Waals surface area contributed by atoms with Gasteiger partial charge in [0.25, 0.3) is 0 Å². The Labute approximate surface area is 111 Å². The van der Waals surface area contributed by atoms with Crippen LogP contribution in [0.1, 0.15) is 5.82 Å². The number of anilines is 1. The van der Waals surface area contributed by atoms with Gasteiger partial charge in [-0.25, -0.2) is 20.8 Å². The Morgan fingerprint density at radius 2 is 2.24 bits per heavy atom. The first-order chi connectivity index (χ1) is 8.19. The normalized spacial score (nSPS) is 10.3. The molecule has 0 saturated heterocycles. The second kappa shape index (κ2) is 5.44. The summed E-state index contributed by atoms with van der Waals surface area (Å²) in [6.45, 7) is 1.82. The number of nitrogens with one attached hydrogen (secondary N) is 1. The molecule has 0 fully saturated rings. The number of aromatic nitrogens is 3. The van der Waals surface area contributed by atoms with Gasteiger partial charge in [-0.05, 0) is 46.7 Å². The molecular formula is C10H10BrN5S. The molecule has 7 heteroatoms. The number of hydrogen-bond acceptors (Lipinski definition) is 6. The lowest BCUT2D eigenvalue weighted by molar-refractivity contribution is 0.959. The Morgan fingerprint density at radius 1 is 1.41 bits per heavy atom. The van der Waals surface area contributed by atoms with E-state index in [1.165, 1.54) is 11.8 Å². The summed E-state index contributed by atoms with van der Waals surface area (Å²) in [7, 11) is 0. The largest absolute Gasteiger partial charge is 0.308 e. The van der Waals surface area contributed by atoms with Crippen LogP contribution >= 0.6 is 27.7 Å². The predicted octanol–water partition coefficient (Wildman–Crippen LogP) is 2.38. The quantitative estimate of drug-likeness (QED) is 0.515. The van der Waals surface area contributed by atoms with Gasteiger partial charge >= 0.3 is 0 Å². The van der Waals surface area contributed by atoms with E-state index in [0.29, 0.717) is 11.6 Å². The Morgan fingerprint density at radius 3 is 2.94 bits per heavy atom. The summed E-state index contributed by atoms with van der Waals surface area (Å²) in [6, 6.07) is 5.58. The number of nitrogens with zero attached hydrogens (tertiary/aromatic N) is 3. The molecule has 0 aliphatic heterocycles. The van der Waals surface area contributed by atoms with Gasteiger partial charge in [0.15, 0.2) is 0 Å². The smallest absolute Gasteiger partial charge is 0.144 e. The van der Waals surface area contributed by atoms with Crippen LogP contribution in [0.5, 0.6) is 0 Å². The van der Waals surface area contributed by atoms with Gasteiger partial charge in [0, 0.05) is 12.3 Å². The van der Waals surface area contributed by atoms with Gasteiger partial charge in [-0.3, -0.25) is 0 Å². The molecule has 2 aromatic heterocycles. The van der Waals surface area contributed by atoms with Crippen molar-refractivity contribution in [2.75, 3.05) is 5.43 Å². The van der Waals surface area contributed by atoms with Gasteiger partial charge < -0.3 is 5.43 Å². The van der Waals surface area contributed by atoms with E-state index >= 15 is 0 Å². The standard InChI is InChI=1S/C10H10BrN5S/c1-6-14-8(16-12)5-9(15-6)17-10-7(11)3-2-4-13-10/h2-5H,12H2,1H3,(H,14,15,16). The minimum atomic E-state index is 0.590. The highest BCUT2D eigenvalue weighted by molar-refractivity contribution is 9.10. The van der Waals surface area contributed by atoms with Crippen LogP contribution in [0.15, 0.2) is 38.9 Å². The van der Waals surface area contributed by atoms with E-state index in [0.717, 1.165) is 14.5 Å². The number of aryl methyl sites for hydroxylation is 1. The number of hydrazine groups is 1. The van der Waals surface area contributed by atoms with Crippen LogP contribution in [0.3, 0.4) is 0 Å². The lowest BCUT2D eigenvalue weighted by Crippen LogP contribution is -2.09. The number of hydrogen-bond donors (Lipinski definition) is 2. The maximum atomic E-state index is 5.34. The summed E-state index contributed by atoms with van der Waals surface area (Å²) >= 11 is 4.89. The summed E-state index contributed by atoms with van der Waals surface area (Å²) in [5.41, 5.74) is 2.51. The zero-order valence-corrected chi connectivity index (χ0v) is 11.4. The first-order valence-corrected chi connectivity index (χ1v) is 6.40. The minimum absolute atomic E-state index is 0.590. The third-order valence-corrected chi connectivity index (χ3v) is 3.73. The molecule has 0 spiro atoms. The van der Waals surface area contributed by atoms with E-state index in [1.807, 2.05) is 19.1 Å². The third-order valence-electron chi connectivity index (χ3n) is 1.89. The Bertz CT molecular complexity index is 534. The highest BCUT2D eigenvalue weighted by atomic mass is 79.9. The maximum absolute atomic E-state index is 5.34. The van der Waals surface area contributed by atoms with Crippen molar-refractivity contribution in [2.24, 2.45) is 5.84 Å². The third kappa shape index (κ3) is 3.15. The molecule has 2 heterocycles. The van der Waals surface area contributed by atoms with Crippen molar-refractivity contribution in [3.05, 3.63) is 34.7 Å². The van der Waals surface area contributed by atoms with Crippen LogP contribution in [0.2, 0.25) is 0 Å². The zero-order valence-electron chi connectivity index (χ0n) is 9.01. The van der Waals surface area contributed by atoms with Gasteiger partial charge in [0.2, 0.25) is 0 Å². The summed E-state index contributed by atoms with van der Waals surface area (Å²) in [5.74, 6) is 6.59. The molecule has 0 unspecified atom stereocenters. The number of rotatable bonds is 3. The number of nitrogen functional groups attached to an aromatic ring is 1. The maximum Gasteiger partial charge on any atom is 0.144 e. The van der Waals surface area contributed by atoms with Crippen molar-refractivity contribution in [1.29, 1.82) is 0 Å². The second-order valence-corrected chi connectivity index (χ2v) is 5.04. The number of pyridine rings is 1. The van der Waals surface area contributed by atoms with Gasteiger partial charge in [0.05, 0.1) is 4.47 Å². The fourth-order valence-corrected chi connectivity index (χ4v) is 2.54. The summed E-state index contributed by atoms with van der Waals surface area (Å²) in [4.78, 5) is 12.7. The van der Waals surface area contributed by atoms with Crippen LogP contribution in [-0.4, -0.2) is 15.0 Å². The fraction of sp³-hybridized carbons (Fsp3) is 0.100. The van der Waals surface area contributed by atoms with Gasteiger partial charge in [-0.15, -0.1) is 0 Å². The van der Waals surface area contributed by atoms with Crippen molar-refractivity contribution in [1.82, 2.24) is 15.0 Å². The van der Waals surface area contributed by atoms with Crippen LogP contribution in [-0.2, 0) is 0 Å². The van der Waals surface area contributed by atoms with E-state index in [4.69, 9.17) is 5.84 Å². The van der Waals surface area contributed by atoms with Crippen molar-refractivity contribution >= 4 is 33.5 Å². The first-order valence-electron chi connectivity index (χ1n) is 4.79. The number of nitrogens with two attached hydrogens (primary N) is 1. The zero-order chi connectivity index (χ0) is 12.3. The molecule has 0 atom stereocenters. The molecule has 0 bridgehead atoms. The SMILES string of the molecule is Cc1nc(NN)cc(Sc2ncccc2Br)n1. The van der Waals surface area contributed by atoms with E-state index in [-0.39, 0.29) is 0 Å². The van der Waals surface area contributed by atoms with Gasteiger partial charge in [-0.2, -0.15) is 0 Å². The molecule has 2 rings (SSSR count). The van der Waals surface area contributed by atoms with Crippen LogP contribution in [0.25, 0.3) is 0 Å². The highest BCUT2D eigenvalue weighted by Crippen LogP contribution is 2.30.